The Labute approximate surface area is 176 Å². The molecule has 5 aromatic rings. The summed E-state index contributed by atoms with van der Waals surface area (Å²) in [7, 11) is 0. The average molecular weight is 386 g/mol. The molecule has 0 amide bonds. The van der Waals surface area contributed by atoms with Gasteiger partial charge in [-0.05, 0) is 44.5 Å². The molecule has 144 valence electrons. The van der Waals surface area contributed by atoms with Gasteiger partial charge in [0.2, 0.25) is 0 Å². The summed E-state index contributed by atoms with van der Waals surface area (Å²) in [6.07, 6.45) is 4.01. The molecule has 0 bridgehead atoms. The van der Waals surface area contributed by atoms with Gasteiger partial charge >= 0.3 is 0 Å². The van der Waals surface area contributed by atoms with Gasteiger partial charge in [-0.2, -0.15) is 0 Å². The first-order chi connectivity index (χ1) is 14.6. The van der Waals surface area contributed by atoms with Crippen LogP contribution in [0.4, 0.5) is 0 Å². The predicted molar refractivity (Wildman–Crippen MR) is 131 cm³/mol. The number of benzene rings is 4. The molecule has 0 radical (unpaired) electrons. The first-order valence-corrected chi connectivity index (χ1v) is 10.5. The van der Waals surface area contributed by atoms with E-state index in [-0.39, 0.29) is 5.41 Å². The van der Waals surface area contributed by atoms with Crippen LogP contribution in [-0.2, 0) is 5.41 Å². The number of aromatic nitrogens is 1. The summed E-state index contributed by atoms with van der Waals surface area (Å²) < 4.78 is 0. The van der Waals surface area contributed by atoms with E-state index in [4.69, 9.17) is 0 Å². The molecular formula is C29H23N. The molecule has 1 nitrogen and oxygen atoms in total. The molecule has 0 saturated carbocycles. The monoisotopic (exact) mass is 385 g/mol. The maximum Gasteiger partial charge on any atom is 0.0551 e. The first-order valence-electron chi connectivity index (χ1n) is 10.5. The van der Waals surface area contributed by atoms with Crippen molar-refractivity contribution in [3.63, 3.8) is 0 Å². The van der Waals surface area contributed by atoms with E-state index in [2.05, 4.69) is 92.7 Å². The van der Waals surface area contributed by atoms with Crippen molar-refractivity contribution in [3.05, 3.63) is 103 Å². The van der Waals surface area contributed by atoms with Crippen LogP contribution in [0.2, 0.25) is 0 Å². The smallest absolute Gasteiger partial charge is 0.0551 e. The van der Waals surface area contributed by atoms with Crippen molar-refractivity contribution >= 4 is 48.9 Å². The molecule has 6 rings (SSSR count). The molecule has 1 aliphatic rings. The van der Waals surface area contributed by atoms with Gasteiger partial charge in [0.1, 0.15) is 0 Å². The number of aromatic amines is 1. The Hall–Kier alpha value is -3.58. The van der Waals surface area contributed by atoms with Gasteiger partial charge in [-0.3, -0.25) is 0 Å². The SMILES string of the molecule is C=CC1=C(C=C)C(C)(C)c2ccc3[nH]c4c5ccccc5c5ccccc5c4c3c21. The maximum absolute atomic E-state index is 4.17. The molecule has 0 spiro atoms. The third kappa shape index (κ3) is 1.92. The number of hydrogen-bond donors (Lipinski definition) is 1. The Morgan fingerprint density at radius 3 is 2.03 bits per heavy atom. The second-order valence-corrected chi connectivity index (χ2v) is 8.74. The normalized spacial score (nSPS) is 15.4. The topological polar surface area (TPSA) is 15.8 Å². The highest BCUT2D eigenvalue weighted by Gasteiger charge is 2.37. The van der Waals surface area contributed by atoms with Gasteiger partial charge in [-0.1, -0.05) is 93.8 Å². The van der Waals surface area contributed by atoms with E-state index in [0.717, 1.165) is 0 Å². The fraction of sp³-hybridized carbons (Fsp3) is 0.103. The second-order valence-electron chi connectivity index (χ2n) is 8.74. The molecule has 1 heteroatoms. The lowest BCUT2D eigenvalue weighted by Crippen LogP contribution is -2.15. The van der Waals surface area contributed by atoms with Crippen molar-refractivity contribution < 1.29 is 0 Å². The first kappa shape index (κ1) is 17.3. The molecule has 1 aromatic heterocycles. The maximum atomic E-state index is 4.17. The van der Waals surface area contributed by atoms with E-state index in [0.29, 0.717) is 0 Å². The molecule has 1 N–H and O–H groups in total. The van der Waals surface area contributed by atoms with Gasteiger partial charge in [0.25, 0.3) is 0 Å². The molecule has 0 fully saturated rings. The van der Waals surface area contributed by atoms with E-state index in [9.17, 15) is 0 Å². The predicted octanol–water partition coefficient (Wildman–Crippen LogP) is 8.04. The van der Waals surface area contributed by atoms with Crippen molar-refractivity contribution in [1.29, 1.82) is 0 Å². The van der Waals surface area contributed by atoms with Crippen molar-refractivity contribution in [2.75, 3.05) is 0 Å². The van der Waals surface area contributed by atoms with Gasteiger partial charge < -0.3 is 4.98 Å². The van der Waals surface area contributed by atoms with Crippen molar-refractivity contribution in [3.8, 4) is 0 Å². The number of H-pyrrole nitrogens is 1. The number of fused-ring (bicyclic) bond motifs is 10. The van der Waals surface area contributed by atoms with Crippen molar-refractivity contribution in [1.82, 2.24) is 4.98 Å². The number of hydrogen-bond acceptors (Lipinski definition) is 0. The largest absolute Gasteiger partial charge is 0.354 e. The van der Waals surface area contributed by atoms with Gasteiger partial charge in [0, 0.05) is 27.1 Å². The molecule has 4 aromatic carbocycles. The van der Waals surface area contributed by atoms with Crippen molar-refractivity contribution in [2.24, 2.45) is 0 Å². The minimum atomic E-state index is -0.0922. The fourth-order valence-corrected chi connectivity index (χ4v) is 5.63. The van der Waals surface area contributed by atoms with E-state index >= 15 is 0 Å². The highest BCUT2D eigenvalue weighted by molar-refractivity contribution is 6.33. The van der Waals surface area contributed by atoms with Crippen LogP contribution in [0.3, 0.4) is 0 Å². The van der Waals surface area contributed by atoms with Crippen molar-refractivity contribution in [2.45, 2.75) is 19.3 Å². The lowest BCUT2D eigenvalue weighted by atomic mass is 9.81. The standard InChI is InChI=1S/C29H23N/c1-5-17-22(6-2)29(3,4)23-15-16-24-27(25(17)23)26-20-13-9-7-11-18(20)19-12-8-10-14-21(19)28(26)30-24/h5-16,30H,1-2H2,3-4H3. The lowest BCUT2D eigenvalue weighted by Gasteiger charge is -2.22. The Balaban J connectivity index is 1.96. The Kier molecular flexibility index (Phi) is 3.30. The molecule has 1 heterocycles. The summed E-state index contributed by atoms with van der Waals surface area (Å²) >= 11 is 0. The van der Waals surface area contributed by atoms with Crippen LogP contribution in [0.1, 0.15) is 25.0 Å². The lowest BCUT2D eigenvalue weighted by molar-refractivity contribution is 0.655. The Morgan fingerprint density at radius 2 is 1.37 bits per heavy atom. The third-order valence-electron chi connectivity index (χ3n) is 6.96. The summed E-state index contributed by atoms with van der Waals surface area (Å²) in [5.41, 5.74) is 7.39. The van der Waals surface area contributed by atoms with Crippen LogP contribution in [0.5, 0.6) is 0 Å². The van der Waals surface area contributed by atoms with Crippen LogP contribution in [0, 0.1) is 0 Å². The minimum Gasteiger partial charge on any atom is -0.354 e. The van der Waals surface area contributed by atoms with Gasteiger partial charge in [0.15, 0.2) is 0 Å². The second kappa shape index (κ2) is 5.73. The molecule has 1 aliphatic carbocycles. The molecule has 0 aliphatic heterocycles. The Bertz CT molecular complexity index is 1590. The highest BCUT2D eigenvalue weighted by Crippen LogP contribution is 2.52. The van der Waals surface area contributed by atoms with Crippen LogP contribution in [-0.4, -0.2) is 4.98 Å². The number of nitrogens with one attached hydrogen (secondary N) is 1. The van der Waals surface area contributed by atoms with Gasteiger partial charge in [-0.25, -0.2) is 0 Å². The van der Waals surface area contributed by atoms with E-state index < -0.39 is 0 Å². The zero-order chi connectivity index (χ0) is 20.6. The number of allylic oxidation sites excluding steroid dienone is 4. The molecule has 0 saturated heterocycles. The Morgan fingerprint density at radius 1 is 0.733 bits per heavy atom. The molecule has 30 heavy (non-hydrogen) atoms. The third-order valence-corrected chi connectivity index (χ3v) is 6.96. The summed E-state index contributed by atoms with van der Waals surface area (Å²) in [6, 6.07) is 22.0. The van der Waals surface area contributed by atoms with Gasteiger partial charge in [0.05, 0.1) is 5.52 Å². The zero-order valence-corrected chi connectivity index (χ0v) is 17.3. The van der Waals surface area contributed by atoms with Crippen LogP contribution in [0.15, 0.2) is 91.5 Å². The van der Waals surface area contributed by atoms with Gasteiger partial charge in [-0.15, -0.1) is 0 Å². The molecular weight excluding hydrogens is 362 g/mol. The molecule has 0 unspecified atom stereocenters. The van der Waals surface area contributed by atoms with E-state index in [1.54, 1.807) is 0 Å². The van der Waals surface area contributed by atoms with E-state index in [1.807, 2.05) is 12.2 Å². The van der Waals surface area contributed by atoms with Crippen LogP contribution >= 0.6 is 0 Å². The fourth-order valence-electron chi connectivity index (χ4n) is 5.63. The average Bonchev–Trinajstić information content (AvgIpc) is 3.26. The number of rotatable bonds is 2. The minimum absolute atomic E-state index is 0.0922. The summed E-state index contributed by atoms with van der Waals surface area (Å²) in [5, 5.41) is 7.74. The zero-order valence-electron chi connectivity index (χ0n) is 17.3. The van der Waals surface area contributed by atoms with Crippen LogP contribution in [0.25, 0.3) is 48.9 Å². The molecule has 0 atom stereocenters. The highest BCUT2D eigenvalue weighted by atomic mass is 14.7. The quantitative estimate of drug-likeness (QED) is 0.296. The summed E-state index contributed by atoms with van der Waals surface area (Å²) in [6.45, 7) is 12.9. The van der Waals surface area contributed by atoms with Crippen LogP contribution < -0.4 is 0 Å². The summed E-state index contributed by atoms with van der Waals surface area (Å²) in [4.78, 5) is 3.76. The summed E-state index contributed by atoms with van der Waals surface area (Å²) in [5.74, 6) is 0. The van der Waals surface area contributed by atoms with E-state index in [1.165, 1.54) is 65.6 Å².